The van der Waals surface area contributed by atoms with Gasteiger partial charge in [-0.2, -0.15) is 4.98 Å². The zero-order chi connectivity index (χ0) is 14.0. The summed E-state index contributed by atoms with van der Waals surface area (Å²) in [4.78, 5) is 26.4. The highest BCUT2D eigenvalue weighted by Crippen LogP contribution is 2.33. The summed E-state index contributed by atoms with van der Waals surface area (Å²) in [6.07, 6.45) is 1.58. The molecule has 0 bridgehead atoms. The molecule has 0 aliphatic carbocycles. The molecule has 0 atom stereocenters. The highest BCUT2D eigenvalue weighted by atomic mass is 32.2. The zero-order valence-corrected chi connectivity index (χ0v) is 11.0. The fraction of sp³-hybridized carbons (Fsp3) is 0.200. The van der Waals surface area contributed by atoms with Crippen LogP contribution in [0.25, 0.3) is 0 Å². The van der Waals surface area contributed by atoms with E-state index < -0.39 is 4.92 Å². The quantitative estimate of drug-likeness (QED) is 0.388. The number of aryl methyl sites for hydroxylation is 2. The number of anilines is 1. The maximum atomic E-state index is 11.0. The second kappa shape index (κ2) is 5.14. The van der Waals surface area contributed by atoms with Crippen LogP contribution in [-0.4, -0.2) is 24.9 Å². The monoisotopic (exact) mass is 278 g/mol. The highest BCUT2D eigenvalue weighted by Gasteiger charge is 2.23. The first kappa shape index (κ1) is 13.1. The first-order chi connectivity index (χ1) is 8.97. The summed E-state index contributed by atoms with van der Waals surface area (Å²) >= 11 is 0.990. The Morgan fingerprint density at radius 2 is 2.05 bits per heavy atom. The average molecular weight is 278 g/mol. The largest absolute Gasteiger partial charge is 0.368 e. The molecule has 9 heteroatoms. The van der Waals surface area contributed by atoms with Crippen LogP contribution in [0.5, 0.6) is 0 Å². The van der Waals surface area contributed by atoms with Gasteiger partial charge in [0.15, 0.2) is 10.2 Å². The Kier molecular flexibility index (Phi) is 3.56. The summed E-state index contributed by atoms with van der Waals surface area (Å²) < 4.78 is 0. The van der Waals surface area contributed by atoms with Gasteiger partial charge in [-0.3, -0.25) is 10.1 Å². The van der Waals surface area contributed by atoms with E-state index in [0.29, 0.717) is 5.16 Å². The molecule has 0 aromatic carbocycles. The van der Waals surface area contributed by atoms with Crippen molar-refractivity contribution in [3.8, 4) is 0 Å². The average Bonchev–Trinajstić information content (AvgIpc) is 2.26. The normalized spacial score (nSPS) is 10.4. The van der Waals surface area contributed by atoms with Gasteiger partial charge in [0.05, 0.1) is 4.92 Å². The molecule has 0 spiro atoms. The summed E-state index contributed by atoms with van der Waals surface area (Å²) in [5.74, 6) is -0.0155. The van der Waals surface area contributed by atoms with Gasteiger partial charge in [-0.1, -0.05) is 0 Å². The lowest BCUT2D eigenvalue weighted by Crippen LogP contribution is -2.04. The van der Waals surface area contributed by atoms with Crippen molar-refractivity contribution in [2.75, 3.05) is 5.73 Å². The van der Waals surface area contributed by atoms with Gasteiger partial charge in [0.2, 0.25) is 5.95 Å². The van der Waals surface area contributed by atoms with Crippen LogP contribution in [0.3, 0.4) is 0 Å². The summed E-state index contributed by atoms with van der Waals surface area (Å²) in [6.45, 7) is 3.32. The summed E-state index contributed by atoms with van der Waals surface area (Å²) in [6, 6.07) is 1.73. The molecule has 2 N–H and O–H groups in total. The maximum absolute atomic E-state index is 11.0. The summed E-state index contributed by atoms with van der Waals surface area (Å²) in [5, 5.41) is 11.6. The Hall–Kier alpha value is -2.29. The number of rotatable bonds is 3. The minimum Gasteiger partial charge on any atom is -0.368 e. The van der Waals surface area contributed by atoms with E-state index in [9.17, 15) is 10.1 Å². The number of nitro groups is 1. The van der Waals surface area contributed by atoms with Crippen molar-refractivity contribution in [1.29, 1.82) is 0 Å². The molecule has 2 rings (SSSR count). The Bertz CT molecular complexity index is 648. The maximum Gasteiger partial charge on any atom is 0.322 e. The fourth-order valence-corrected chi connectivity index (χ4v) is 2.34. The van der Waals surface area contributed by atoms with Crippen molar-refractivity contribution < 1.29 is 4.92 Å². The SMILES string of the molecule is Cc1ccnc(Sc2nc(N)nc(C)c2[N+](=O)[O-])n1. The van der Waals surface area contributed by atoms with E-state index in [4.69, 9.17) is 5.73 Å². The number of hydrogen-bond donors (Lipinski definition) is 1. The van der Waals surface area contributed by atoms with E-state index in [0.717, 1.165) is 17.5 Å². The van der Waals surface area contributed by atoms with E-state index in [1.54, 1.807) is 19.2 Å². The van der Waals surface area contributed by atoms with Crippen LogP contribution in [0.4, 0.5) is 11.6 Å². The van der Waals surface area contributed by atoms with Gasteiger partial charge in [-0.05, 0) is 31.7 Å². The molecule has 0 aliphatic heterocycles. The smallest absolute Gasteiger partial charge is 0.322 e. The second-order valence-electron chi connectivity index (χ2n) is 3.66. The van der Waals surface area contributed by atoms with E-state index in [2.05, 4.69) is 19.9 Å². The third-order valence-corrected chi connectivity index (χ3v) is 3.04. The van der Waals surface area contributed by atoms with Crippen molar-refractivity contribution in [1.82, 2.24) is 19.9 Å². The molecule has 19 heavy (non-hydrogen) atoms. The molecule has 98 valence electrons. The van der Waals surface area contributed by atoms with E-state index in [1.165, 1.54) is 6.92 Å². The predicted octanol–water partition coefficient (Wildman–Crippen LogP) is 1.53. The van der Waals surface area contributed by atoms with E-state index >= 15 is 0 Å². The third kappa shape index (κ3) is 2.94. The van der Waals surface area contributed by atoms with Crippen molar-refractivity contribution in [3.63, 3.8) is 0 Å². The van der Waals surface area contributed by atoms with Crippen LogP contribution < -0.4 is 5.73 Å². The molecule has 2 heterocycles. The summed E-state index contributed by atoms with van der Waals surface area (Å²) in [7, 11) is 0. The number of aromatic nitrogens is 4. The third-order valence-electron chi connectivity index (χ3n) is 2.19. The number of nitrogens with zero attached hydrogens (tertiary/aromatic N) is 5. The summed E-state index contributed by atoms with van der Waals surface area (Å²) in [5.41, 5.74) is 6.31. The molecule has 8 nitrogen and oxygen atoms in total. The lowest BCUT2D eigenvalue weighted by Gasteiger charge is -2.04. The van der Waals surface area contributed by atoms with Gasteiger partial charge in [0.1, 0.15) is 5.69 Å². The van der Waals surface area contributed by atoms with Gasteiger partial charge in [0.25, 0.3) is 0 Å². The van der Waals surface area contributed by atoms with Crippen LogP contribution in [0, 0.1) is 24.0 Å². The topological polar surface area (TPSA) is 121 Å². The van der Waals surface area contributed by atoms with Crippen LogP contribution in [0.15, 0.2) is 22.4 Å². The first-order valence-corrected chi connectivity index (χ1v) is 6.05. The number of hydrogen-bond acceptors (Lipinski definition) is 8. The standard InChI is InChI=1S/C10H10N6O2S/c1-5-3-4-12-10(13-5)19-8-7(16(17)18)6(2)14-9(11)15-8/h3-4H,1-2H3,(H2,11,14,15). The van der Waals surface area contributed by atoms with Crippen LogP contribution in [0.1, 0.15) is 11.4 Å². The molecule has 0 radical (unpaired) electrons. The van der Waals surface area contributed by atoms with Gasteiger partial charge in [-0.15, -0.1) is 0 Å². The van der Waals surface area contributed by atoms with Gasteiger partial charge < -0.3 is 5.73 Å². The van der Waals surface area contributed by atoms with Crippen molar-refractivity contribution in [2.24, 2.45) is 0 Å². The van der Waals surface area contributed by atoms with Crippen molar-refractivity contribution >= 4 is 23.4 Å². The minimum atomic E-state index is -0.535. The molecule has 0 fully saturated rings. The Labute approximate surface area is 112 Å². The number of nitrogens with two attached hydrogens (primary N) is 1. The Morgan fingerprint density at radius 1 is 1.32 bits per heavy atom. The van der Waals surface area contributed by atoms with Crippen molar-refractivity contribution in [3.05, 3.63) is 33.8 Å². The Balaban J connectivity index is 2.47. The lowest BCUT2D eigenvalue weighted by atomic mass is 10.4. The molecule has 0 saturated carbocycles. The first-order valence-electron chi connectivity index (χ1n) is 5.23. The van der Waals surface area contributed by atoms with E-state index in [-0.39, 0.29) is 22.4 Å². The fourth-order valence-electron chi connectivity index (χ4n) is 1.40. The van der Waals surface area contributed by atoms with Crippen molar-refractivity contribution in [2.45, 2.75) is 24.0 Å². The zero-order valence-electron chi connectivity index (χ0n) is 10.2. The lowest BCUT2D eigenvalue weighted by molar-refractivity contribution is -0.389. The van der Waals surface area contributed by atoms with Gasteiger partial charge in [-0.25, -0.2) is 15.0 Å². The molecule has 0 aliphatic rings. The molecule has 0 unspecified atom stereocenters. The minimum absolute atomic E-state index is 0.0155. The molecule has 2 aromatic rings. The molecule has 2 aromatic heterocycles. The number of nitrogen functional groups attached to an aromatic ring is 1. The van der Waals surface area contributed by atoms with Gasteiger partial charge in [0, 0.05) is 11.9 Å². The predicted molar refractivity (Wildman–Crippen MR) is 68.7 cm³/mol. The molecule has 0 amide bonds. The molecule has 0 saturated heterocycles. The van der Waals surface area contributed by atoms with E-state index in [1.807, 2.05) is 0 Å². The highest BCUT2D eigenvalue weighted by molar-refractivity contribution is 7.99. The second-order valence-corrected chi connectivity index (χ2v) is 4.62. The molecular formula is C10H10N6O2S. The Morgan fingerprint density at radius 3 is 2.68 bits per heavy atom. The molecular weight excluding hydrogens is 268 g/mol. The van der Waals surface area contributed by atoms with Gasteiger partial charge >= 0.3 is 5.69 Å². The van der Waals surface area contributed by atoms with Crippen LogP contribution in [0.2, 0.25) is 0 Å². The van der Waals surface area contributed by atoms with Crippen LogP contribution >= 0.6 is 11.8 Å². The van der Waals surface area contributed by atoms with Crippen LogP contribution in [-0.2, 0) is 0 Å².